The van der Waals surface area contributed by atoms with Gasteiger partial charge in [0.05, 0.1) is 4.90 Å². The Kier molecular flexibility index (Phi) is 3.89. The van der Waals surface area contributed by atoms with Gasteiger partial charge in [0.15, 0.2) is 0 Å². The predicted octanol–water partition coefficient (Wildman–Crippen LogP) is 0.765. The number of hydrogen-bond donors (Lipinski definition) is 2. The van der Waals surface area contributed by atoms with Gasteiger partial charge < -0.3 is 10.0 Å². The van der Waals surface area contributed by atoms with Crippen LogP contribution in [0.15, 0.2) is 29.2 Å². The lowest BCUT2D eigenvalue weighted by Crippen LogP contribution is -2.33. The number of nitrogens with one attached hydrogen (secondary N) is 1. The molecule has 0 aromatic heterocycles. The quantitative estimate of drug-likeness (QED) is 0.801. The van der Waals surface area contributed by atoms with E-state index in [0.717, 1.165) is 0 Å². The van der Waals surface area contributed by atoms with Crippen molar-refractivity contribution in [2.24, 2.45) is 0 Å². The molecular formula is C12H18N2O3S. The van der Waals surface area contributed by atoms with Gasteiger partial charge in [0, 0.05) is 19.1 Å². The number of phenolic OH excluding ortho intramolecular Hbond substituents is 1. The van der Waals surface area contributed by atoms with E-state index in [2.05, 4.69) is 9.62 Å². The van der Waals surface area contributed by atoms with Gasteiger partial charge in [-0.2, -0.15) is 0 Å². The van der Waals surface area contributed by atoms with E-state index in [1.807, 2.05) is 7.05 Å². The van der Waals surface area contributed by atoms with Crippen molar-refractivity contribution in [1.82, 2.24) is 9.62 Å². The average Bonchev–Trinajstić information content (AvgIpc) is 3.13. The average molecular weight is 270 g/mol. The molecule has 0 aliphatic heterocycles. The standard InChI is InChI=1S/C12H18N2O3S/c1-14(10-2-3-10)9-8-13-18(16,17)12-6-4-11(15)5-7-12/h4-7,10,13,15H,2-3,8-9H2,1H3. The monoisotopic (exact) mass is 270 g/mol. The van der Waals surface area contributed by atoms with E-state index in [0.29, 0.717) is 19.1 Å². The Labute approximate surface area is 107 Å². The van der Waals surface area contributed by atoms with Crippen LogP contribution < -0.4 is 4.72 Å². The molecule has 18 heavy (non-hydrogen) atoms. The Morgan fingerprint density at radius 2 is 1.94 bits per heavy atom. The lowest BCUT2D eigenvalue weighted by Gasteiger charge is -2.15. The molecule has 0 atom stereocenters. The second-order valence-electron chi connectivity index (χ2n) is 4.60. The summed E-state index contributed by atoms with van der Waals surface area (Å²) in [4.78, 5) is 2.34. The summed E-state index contributed by atoms with van der Waals surface area (Å²) in [5.41, 5.74) is 0. The highest BCUT2D eigenvalue weighted by atomic mass is 32.2. The summed E-state index contributed by atoms with van der Waals surface area (Å²) in [5.74, 6) is 0.0578. The lowest BCUT2D eigenvalue weighted by atomic mass is 10.3. The number of hydrogen-bond acceptors (Lipinski definition) is 4. The summed E-state index contributed by atoms with van der Waals surface area (Å²) in [5, 5.41) is 9.12. The molecule has 1 fully saturated rings. The van der Waals surface area contributed by atoms with Crippen molar-refractivity contribution < 1.29 is 13.5 Å². The molecule has 1 saturated carbocycles. The third kappa shape index (κ3) is 3.44. The zero-order valence-electron chi connectivity index (χ0n) is 10.3. The number of phenols is 1. The molecule has 0 unspecified atom stereocenters. The third-order valence-corrected chi connectivity index (χ3v) is 4.55. The van der Waals surface area contributed by atoms with Gasteiger partial charge >= 0.3 is 0 Å². The summed E-state index contributed by atoms with van der Waals surface area (Å²) in [6, 6.07) is 6.14. The van der Waals surface area contributed by atoms with Crippen molar-refractivity contribution in [2.75, 3.05) is 20.1 Å². The maximum atomic E-state index is 11.9. The molecule has 1 aliphatic carbocycles. The van der Waals surface area contributed by atoms with Gasteiger partial charge in [-0.25, -0.2) is 13.1 Å². The Balaban J connectivity index is 1.88. The maximum absolute atomic E-state index is 11.9. The summed E-state index contributed by atoms with van der Waals surface area (Å²) < 4.78 is 26.4. The van der Waals surface area contributed by atoms with E-state index < -0.39 is 10.0 Å². The number of benzene rings is 1. The van der Waals surface area contributed by atoms with E-state index in [9.17, 15) is 8.42 Å². The van der Waals surface area contributed by atoms with Gasteiger partial charge in [-0.1, -0.05) is 0 Å². The minimum atomic E-state index is -3.47. The van der Waals surface area contributed by atoms with Crippen molar-refractivity contribution >= 4 is 10.0 Å². The van der Waals surface area contributed by atoms with Gasteiger partial charge in [-0.3, -0.25) is 0 Å². The highest BCUT2D eigenvalue weighted by Crippen LogP contribution is 2.24. The van der Waals surface area contributed by atoms with Gasteiger partial charge in [0.25, 0.3) is 0 Å². The first-order valence-corrected chi connectivity index (χ1v) is 7.46. The molecule has 5 nitrogen and oxygen atoms in total. The zero-order valence-corrected chi connectivity index (χ0v) is 11.2. The molecule has 2 N–H and O–H groups in total. The van der Waals surface area contributed by atoms with Crippen molar-refractivity contribution in [1.29, 1.82) is 0 Å². The van der Waals surface area contributed by atoms with E-state index in [1.54, 1.807) is 0 Å². The van der Waals surface area contributed by atoms with Crippen LogP contribution in [0.2, 0.25) is 0 Å². The topological polar surface area (TPSA) is 69.6 Å². The van der Waals surface area contributed by atoms with Crippen LogP contribution in [-0.4, -0.2) is 44.6 Å². The SMILES string of the molecule is CN(CCNS(=O)(=O)c1ccc(O)cc1)C1CC1. The first kappa shape index (κ1) is 13.3. The number of rotatable bonds is 6. The molecular weight excluding hydrogens is 252 g/mol. The van der Waals surface area contributed by atoms with Crippen LogP contribution in [0.25, 0.3) is 0 Å². The second-order valence-corrected chi connectivity index (χ2v) is 6.37. The van der Waals surface area contributed by atoms with Gasteiger partial charge in [0.2, 0.25) is 10.0 Å². The summed E-state index contributed by atoms with van der Waals surface area (Å²) >= 11 is 0. The van der Waals surface area contributed by atoms with E-state index in [-0.39, 0.29) is 10.6 Å². The van der Waals surface area contributed by atoms with Crippen LogP contribution >= 0.6 is 0 Å². The molecule has 1 aromatic carbocycles. The Hall–Kier alpha value is -1.11. The van der Waals surface area contributed by atoms with Crippen molar-refractivity contribution in [2.45, 2.75) is 23.8 Å². The van der Waals surface area contributed by atoms with Crippen molar-refractivity contribution in [3.8, 4) is 5.75 Å². The minimum absolute atomic E-state index is 0.0578. The number of nitrogens with zero attached hydrogens (tertiary/aromatic N) is 1. The zero-order chi connectivity index (χ0) is 13.2. The van der Waals surface area contributed by atoms with Crippen LogP contribution in [-0.2, 0) is 10.0 Å². The molecule has 0 saturated heterocycles. The Morgan fingerprint density at radius 3 is 2.50 bits per heavy atom. The number of aromatic hydroxyl groups is 1. The molecule has 0 bridgehead atoms. The Bertz CT molecular complexity index is 495. The normalized spacial score (nSPS) is 16.1. The molecule has 0 heterocycles. The van der Waals surface area contributed by atoms with Crippen LogP contribution in [0.4, 0.5) is 0 Å². The minimum Gasteiger partial charge on any atom is -0.508 e. The molecule has 100 valence electrons. The van der Waals surface area contributed by atoms with Crippen molar-refractivity contribution in [3.63, 3.8) is 0 Å². The molecule has 0 spiro atoms. The van der Waals surface area contributed by atoms with Crippen molar-refractivity contribution in [3.05, 3.63) is 24.3 Å². The lowest BCUT2D eigenvalue weighted by molar-refractivity contribution is 0.329. The largest absolute Gasteiger partial charge is 0.508 e. The van der Waals surface area contributed by atoms with Crippen LogP contribution in [0, 0.1) is 0 Å². The summed E-state index contributed by atoms with van der Waals surface area (Å²) in [6.07, 6.45) is 2.42. The molecule has 1 aromatic rings. The highest BCUT2D eigenvalue weighted by Gasteiger charge is 2.25. The molecule has 1 aliphatic rings. The molecule has 2 rings (SSSR count). The third-order valence-electron chi connectivity index (χ3n) is 3.07. The van der Waals surface area contributed by atoms with Gasteiger partial charge in [-0.15, -0.1) is 0 Å². The summed E-state index contributed by atoms with van der Waals surface area (Å²) in [6.45, 7) is 1.11. The number of likely N-dealkylation sites (N-methyl/N-ethyl adjacent to an activating group) is 1. The Morgan fingerprint density at radius 1 is 1.33 bits per heavy atom. The van der Waals surface area contributed by atoms with E-state index in [1.165, 1.54) is 37.1 Å². The second kappa shape index (κ2) is 5.26. The fourth-order valence-corrected chi connectivity index (χ4v) is 2.78. The molecule has 0 amide bonds. The smallest absolute Gasteiger partial charge is 0.240 e. The predicted molar refractivity (Wildman–Crippen MR) is 68.9 cm³/mol. The van der Waals surface area contributed by atoms with Gasteiger partial charge in [0.1, 0.15) is 5.75 Å². The van der Waals surface area contributed by atoms with Crippen LogP contribution in [0.5, 0.6) is 5.75 Å². The summed E-state index contributed by atoms with van der Waals surface area (Å²) in [7, 11) is -1.46. The first-order valence-electron chi connectivity index (χ1n) is 5.98. The fraction of sp³-hybridized carbons (Fsp3) is 0.500. The van der Waals surface area contributed by atoms with E-state index in [4.69, 9.17) is 5.11 Å². The molecule has 0 radical (unpaired) electrons. The van der Waals surface area contributed by atoms with Crippen LogP contribution in [0.3, 0.4) is 0 Å². The number of sulfonamides is 1. The van der Waals surface area contributed by atoms with Crippen LogP contribution in [0.1, 0.15) is 12.8 Å². The fourth-order valence-electron chi connectivity index (χ4n) is 1.76. The highest BCUT2D eigenvalue weighted by molar-refractivity contribution is 7.89. The first-order chi connectivity index (χ1) is 8.49. The maximum Gasteiger partial charge on any atom is 0.240 e. The molecule has 6 heteroatoms. The van der Waals surface area contributed by atoms with Gasteiger partial charge in [-0.05, 0) is 44.2 Å². The van der Waals surface area contributed by atoms with E-state index >= 15 is 0 Å².